The third-order valence-corrected chi connectivity index (χ3v) is 3.31. The summed E-state index contributed by atoms with van der Waals surface area (Å²) >= 11 is 0. The number of rotatable bonds is 7. The summed E-state index contributed by atoms with van der Waals surface area (Å²) in [4.78, 5) is 23.5. The van der Waals surface area contributed by atoms with Gasteiger partial charge >= 0.3 is 5.97 Å². The molecule has 21 heavy (non-hydrogen) atoms. The van der Waals surface area contributed by atoms with Crippen LogP contribution in [0.2, 0.25) is 0 Å². The van der Waals surface area contributed by atoms with Gasteiger partial charge in [-0.25, -0.2) is 0 Å². The normalized spacial score (nSPS) is 13.8. The lowest BCUT2D eigenvalue weighted by Crippen LogP contribution is -2.30. The second kappa shape index (κ2) is 9.60. The van der Waals surface area contributed by atoms with Crippen molar-refractivity contribution in [3.63, 3.8) is 0 Å². The van der Waals surface area contributed by atoms with Crippen molar-refractivity contribution in [1.29, 1.82) is 0 Å². The molecule has 0 rings (SSSR count). The van der Waals surface area contributed by atoms with Gasteiger partial charge in [-0.05, 0) is 46.0 Å². The van der Waals surface area contributed by atoms with Gasteiger partial charge in [0.2, 0.25) is 5.78 Å². The first-order valence-corrected chi connectivity index (χ1v) is 7.93. The molecule has 0 aromatic heterocycles. The number of carbonyl (C=O) groups excluding carboxylic acids is 2. The van der Waals surface area contributed by atoms with Gasteiger partial charge < -0.3 is 4.74 Å². The molecule has 0 N–H and O–H groups in total. The number of esters is 1. The van der Waals surface area contributed by atoms with E-state index >= 15 is 0 Å². The minimum atomic E-state index is -0.808. The Morgan fingerprint density at radius 2 is 1.76 bits per heavy atom. The second-order valence-electron chi connectivity index (χ2n) is 6.68. The molecule has 1 unspecified atom stereocenters. The molecule has 0 spiro atoms. The zero-order valence-corrected chi connectivity index (χ0v) is 14.4. The molecular formula is C18H30O3. The van der Waals surface area contributed by atoms with Crippen molar-refractivity contribution in [3.8, 4) is 11.8 Å². The van der Waals surface area contributed by atoms with Crippen molar-refractivity contribution in [1.82, 2.24) is 0 Å². The van der Waals surface area contributed by atoms with Crippen LogP contribution in [0.5, 0.6) is 0 Å². The lowest BCUT2D eigenvalue weighted by Gasteiger charge is -2.20. The molecule has 0 aromatic carbocycles. The summed E-state index contributed by atoms with van der Waals surface area (Å²) in [5, 5.41) is 0. The first-order chi connectivity index (χ1) is 9.67. The molecular weight excluding hydrogens is 264 g/mol. The number of carbonyl (C=O) groups is 2. The van der Waals surface area contributed by atoms with Gasteiger partial charge in [-0.2, -0.15) is 0 Å². The summed E-state index contributed by atoms with van der Waals surface area (Å²) in [5.41, 5.74) is -0.574. The minimum absolute atomic E-state index is 0.355. The summed E-state index contributed by atoms with van der Waals surface area (Å²) in [6.45, 7) is 11.3. The molecule has 0 radical (unpaired) electrons. The van der Waals surface area contributed by atoms with Crippen LogP contribution in [-0.2, 0) is 14.3 Å². The highest BCUT2D eigenvalue weighted by Gasteiger charge is 2.25. The lowest BCUT2D eigenvalue weighted by atomic mass is 10.0. The summed E-state index contributed by atoms with van der Waals surface area (Å²) in [7, 11) is 0. The van der Waals surface area contributed by atoms with Crippen molar-refractivity contribution in [3.05, 3.63) is 0 Å². The largest absolute Gasteiger partial charge is 0.459 e. The van der Waals surface area contributed by atoms with E-state index in [2.05, 4.69) is 25.7 Å². The number of hydrogen-bond donors (Lipinski definition) is 0. The van der Waals surface area contributed by atoms with Gasteiger partial charge in [0.05, 0.1) is 0 Å². The van der Waals surface area contributed by atoms with Crippen LogP contribution in [0.1, 0.15) is 73.6 Å². The van der Waals surface area contributed by atoms with E-state index in [1.165, 1.54) is 12.8 Å². The first-order valence-electron chi connectivity index (χ1n) is 7.93. The van der Waals surface area contributed by atoms with Gasteiger partial charge in [0.1, 0.15) is 11.5 Å². The molecule has 0 bridgehead atoms. The molecule has 0 heterocycles. The Hall–Kier alpha value is -1.30. The van der Waals surface area contributed by atoms with Gasteiger partial charge in [-0.1, -0.05) is 39.0 Å². The van der Waals surface area contributed by atoms with Crippen LogP contribution in [-0.4, -0.2) is 17.4 Å². The Kier molecular flexibility index (Phi) is 9.01. The number of Topliss-reactive ketones (excluding diaryl/α,β-unsaturated/α-hetero) is 1. The molecule has 0 aliphatic heterocycles. The third kappa shape index (κ3) is 10.1. The molecule has 0 saturated heterocycles. The smallest absolute Gasteiger partial charge is 0.317 e. The molecule has 0 amide bonds. The van der Waals surface area contributed by atoms with Crippen molar-refractivity contribution in [2.75, 3.05) is 0 Å². The van der Waals surface area contributed by atoms with Crippen LogP contribution >= 0.6 is 0 Å². The highest BCUT2D eigenvalue weighted by Crippen LogP contribution is 2.13. The minimum Gasteiger partial charge on any atom is -0.459 e. The van der Waals surface area contributed by atoms with E-state index in [4.69, 9.17) is 4.74 Å². The van der Waals surface area contributed by atoms with Crippen molar-refractivity contribution in [2.45, 2.75) is 79.2 Å². The number of ketones is 1. The van der Waals surface area contributed by atoms with Gasteiger partial charge in [0.15, 0.2) is 0 Å². The molecule has 3 heteroatoms. The van der Waals surface area contributed by atoms with Gasteiger partial charge in [-0.15, -0.1) is 0 Å². The molecule has 0 saturated carbocycles. The molecule has 120 valence electrons. The van der Waals surface area contributed by atoms with Crippen LogP contribution in [0.15, 0.2) is 0 Å². The van der Waals surface area contributed by atoms with Gasteiger partial charge in [0, 0.05) is 6.42 Å². The van der Waals surface area contributed by atoms with Crippen LogP contribution in [0.4, 0.5) is 0 Å². The quantitative estimate of drug-likeness (QED) is 0.233. The highest BCUT2D eigenvalue weighted by molar-refractivity contribution is 6.08. The fourth-order valence-corrected chi connectivity index (χ4v) is 1.67. The van der Waals surface area contributed by atoms with Crippen LogP contribution in [0, 0.1) is 23.7 Å². The van der Waals surface area contributed by atoms with E-state index in [-0.39, 0.29) is 5.78 Å². The topological polar surface area (TPSA) is 43.4 Å². The van der Waals surface area contributed by atoms with E-state index in [1.54, 1.807) is 27.7 Å². The second-order valence-corrected chi connectivity index (χ2v) is 6.68. The van der Waals surface area contributed by atoms with Crippen molar-refractivity contribution < 1.29 is 14.3 Å². The summed E-state index contributed by atoms with van der Waals surface area (Å²) in [6.07, 6.45) is 5.27. The van der Waals surface area contributed by atoms with E-state index in [9.17, 15) is 9.59 Å². The number of unbranched alkanes of at least 4 members (excludes halogenated alkanes) is 2. The Morgan fingerprint density at radius 3 is 2.29 bits per heavy atom. The predicted octanol–water partition coefficient (Wildman–Crippen LogP) is 4.14. The average molecular weight is 294 g/mol. The van der Waals surface area contributed by atoms with E-state index in [0.717, 1.165) is 18.8 Å². The van der Waals surface area contributed by atoms with Crippen molar-refractivity contribution >= 4 is 11.8 Å². The average Bonchev–Trinajstić information content (AvgIpc) is 2.39. The molecule has 0 fully saturated rings. The molecule has 0 aliphatic carbocycles. The molecule has 0 aromatic rings. The Bertz CT molecular complexity index is 393. The maximum atomic E-state index is 11.8. The SMILES string of the molecule is CC[C@H](C)CCCCC#CC(=O)C(C)C(=O)OC(C)(C)C. The standard InChI is InChI=1S/C18H30O3/c1-7-14(2)12-10-8-9-11-13-16(19)15(3)17(20)21-18(4,5)6/h14-15H,7-10,12H2,1-6H3/t14-,15?/m0/s1. The summed E-state index contributed by atoms with van der Waals surface area (Å²) in [6, 6.07) is 0. The zero-order chi connectivity index (χ0) is 16.5. The third-order valence-electron chi connectivity index (χ3n) is 3.31. The highest BCUT2D eigenvalue weighted by atomic mass is 16.6. The number of ether oxygens (including phenoxy) is 1. The maximum Gasteiger partial charge on any atom is 0.317 e. The van der Waals surface area contributed by atoms with Crippen LogP contribution in [0.25, 0.3) is 0 Å². The van der Waals surface area contributed by atoms with E-state index < -0.39 is 17.5 Å². The summed E-state index contributed by atoms with van der Waals surface area (Å²) in [5.74, 6) is 4.52. The predicted molar refractivity (Wildman–Crippen MR) is 85.7 cm³/mol. The maximum absolute atomic E-state index is 11.8. The zero-order valence-electron chi connectivity index (χ0n) is 14.4. The summed E-state index contributed by atoms with van der Waals surface area (Å²) < 4.78 is 5.18. The van der Waals surface area contributed by atoms with Gasteiger partial charge in [0.25, 0.3) is 0 Å². The van der Waals surface area contributed by atoms with Crippen LogP contribution < -0.4 is 0 Å². The van der Waals surface area contributed by atoms with E-state index in [1.807, 2.05) is 0 Å². The first kappa shape index (κ1) is 19.7. The monoisotopic (exact) mass is 294 g/mol. The van der Waals surface area contributed by atoms with Gasteiger partial charge in [-0.3, -0.25) is 9.59 Å². The fourth-order valence-electron chi connectivity index (χ4n) is 1.67. The lowest BCUT2D eigenvalue weighted by molar-refractivity contribution is -0.160. The fraction of sp³-hybridized carbons (Fsp3) is 0.778. The Balaban J connectivity index is 4.08. The molecule has 3 nitrogen and oxygen atoms in total. The van der Waals surface area contributed by atoms with E-state index in [0.29, 0.717) is 6.42 Å². The van der Waals surface area contributed by atoms with Crippen molar-refractivity contribution in [2.24, 2.45) is 11.8 Å². The Morgan fingerprint density at radius 1 is 1.14 bits per heavy atom. The van der Waals surface area contributed by atoms with Crippen LogP contribution in [0.3, 0.4) is 0 Å². The molecule has 2 atom stereocenters. The molecule has 0 aliphatic rings. The Labute approximate surface area is 129 Å². The number of hydrogen-bond acceptors (Lipinski definition) is 3.